The summed E-state index contributed by atoms with van der Waals surface area (Å²) in [6.45, 7) is 2.03. The minimum atomic E-state index is -0.553. The fraction of sp³-hybridized carbons (Fsp3) is 0.256. The first kappa shape index (κ1) is 32.2. The molecule has 1 aliphatic heterocycles. The number of rotatable bonds is 12. The van der Waals surface area contributed by atoms with Crippen LogP contribution in [0, 0.1) is 0 Å². The molecule has 0 unspecified atom stereocenters. The van der Waals surface area contributed by atoms with Crippen molar-refractivity contribution in [3.05, 3.63) is 155 Å². The number of hydrogen-bond donors (Lipinski definition) is 2. The molecule has 2 aromatic heterocycles. The summed E-state index contributed by atoms with van der Waals surface area (Å²) < 4.78 is 13.3. The molecule has 2 N–H and O–H groups in total. The van der Waals surface area contributed by atoms with Crippen LogP contribution in [0.15, 0.2) is 122 Å². The summed E-state index contributed by atoms with van der Waals surface area (Å²) in [5.74, 6) is -0.158. The molecule has 0 saturated carbocycles. The molecule has 3 atom stereocenters. The van der Waals surface area contributed by atoms with Gasteiger partial charge in [0.15, 0.2) is 6.29 Å². The first-order valence-electron chi connectivity index (χ1n) is 16.0. The van der Waals surface area contributed by atoms with Crippen molar-refractivity contribution >= 4 is 5.91 Å². The summed E-state index contributed by atoms with van der Waals surface area (Å²) in [5.41, 5.74) is 7.55. The van der Waals surface area contributed by atoms with Crippen LogP contribution >= 0.6 is 0 Å². The second kappa shape index (κ2) is 15.7. The van der Waals surface area contributed by atoms with E-state index in [1.54, 1.807) is 24.5 Å². The molecule has 0 spiro atoms. The molecule has 47 heavy (non-hydrogen) atoms. The molecule has 8 heteroatoms. The number of carbonyl (C=O) groups is 1. The van der Waals surface area contributed by atoms with E-state index in [1.807, 2.05) is 66.9 Å². The van der Waals surface area contributed by atoms with Gasteiger partial charge in [-0.2, -0.15) is 0 Å². The van der Waals surface area contributed by atoms with Gasteiger partial charge < -0.3 is 24.8 Å². The first-order valence-corrected chi connectivity index (χ1v) is 16.0. The van der Waals surface area contributed by atoms with Crippen LogP contribution in [0.2, 0.25) is 0 Å². The molecule has 240 valence electrons. The van der Waals surface area contributed by atoms with Gasteiger partial charge in [0.1, 0.15) is 0 Å². The minimum Gasteiger partial charge on any atom is -0.392 e. The number of aromatic nitrogens is 2. The zero-order valence-electron chi connectivity index (χ0n) is 26.5. The lowest BCUT2D eigenvalue weighted by molar-refractivity contribution is -0.252. The number of ether oxygens (including phenoxy) is 2. The van der Waals surface area contributed by atoms with E-state index in [9.17, 15) is 9.90 Å². The molecule has 8 nitrogen and oxygen atoms in total. The van der Waals surface area contributed by atoms with E-state index in [2.05, 4.69) is 57.6 Å². The van der Waals surface area contributed by atoms with Crippen molar-refractivity contribution < 1.29 is 19.4 Å². The van der Waals surface area contributed by atoms with Gasteiger partial charge in [0.2, 0.25) is 0 Å². The Balaban J connectivity index is 1.17. The topological polar surface area (TPSA) is 96.8 Å². The average Bonchev–Trinajstić information content (AvgIpc) is 3.14. The molecule has 0 bridgehead atoms. The molecule has 0 radical (unpaired) electrons. The quantitative estimate of drug-likeness (QED) is 0.168. The van der Waals surface area contributed by atoms with Crippen molar-refractivity contribution in [2.45, 2.75) is 44.5 Å². The number of amides is 1. The summed E-state index contributed by atoms with van der Waals surface area (Å²) in [7, 11) is 2.12. The SMILES string of the molecule is CN(CCc1ccccn1)C[C@@H]1C[C@H](c2ccc(CO)cc2)O[C@H](c2cccc(-c3cccc(CNC(=O)c4cccnc4)c3)c2)O1. The van der Waals surface area contributed by atoms with Gasteiger partial charge in [-0.1, -0.05) is 66.7 Å². The van der Waals surface area contributed by atoms with Gasteiger partial charge in [-0.15, -0.1) is 0 Å². The molecular weight excluding hydrogens is 588 g/mol. The van der Waals surface area contributed by atoms with E-state index >= 15 is 0 Å². The number of aliphatic hydroxyl groups is 1. The monoisotopic (exact) mass is 628 g/mol. The Bertz CT molecular complexity index is 1730. The number of nitrogens with zero attached hydrogens (tertiary/aromatic N) is 3. The minimum absolute atomic E-state index is 0.00605. The number of nitrogens with one attached hydrogen (secondary N) is 1. The van der Waals surface area contributed by atoms with Crippen molar-refractivity contribution in [2.24, 2.45) is 0 Å². The maximum Gasteiger partial charge on any atom is 0.253 e. The normalized spacial score (nSPS) is 17.8. The van der Waals surface area contributed by atoms with Crippen molar-refractivity contribution in [3.63, 3.8) is 0 Å². The molecule has 0 aliphatic carbocycles. The summed E-state index contributed by atoms with van der Waals surface area (Å²) >= 11 is 0. The molecule has 3 aromatic carbocycles. The van der Waals surface area contributed by atoms with Gasteiger partial charge >= 0.3 is 0 Å². The third kappa shape index (κ3) is 8.75. The zero-order chi connectivity index (χ0) is 32.4. The largest absolute Gasteiger partial charge is 0.392 e. The lowest BCUT2D eigenvalue weighted by atomic mass is 9.98. The number of aliphatic hydroxyl groups excluding tert-OH is 1. The van der Waals surface area contributed by atoms with Crippen LogP contribution in [0.25, 0.3) is 11.1 Å². The van der Waals surface area contributed by atoms with Crippen molar-refractivity contribution in [3.8, 4) is 11.1 Å². The van der Waals surface area contributed by atoms with Gasteiger partial charge in [0.05, 0.1) is 24.4 Å². The van der Waals surface area contributed by atoms with Crippen LogP contribution in [0.3, 0.4) is 0 Å². The van der Waals surface area contributed by atoms with E-state index in [4.69, 9.17) is 9.47 Å². The van der Waals surface area contributed by atoms with Crippen LogP contribution in [0.5, 0.6) is 0 Å². The Morgan fingerprint density at radius 2 is 1.70 bits per heavy atom. The van der Waals surface area contributed by atoms with E-state index in [-0.39, 0.29) is 24.7 Å². The number of hydrogen-bond acceptors (Lipinski definition) is 7. The van der Waals surface area contributed by atoms with Gasteiger partial charge in [0.25, 0.3) is 5.91 Å². The van der Waals surface area contributed by atoms with E-state index in [0.29, 0.717) is 12.1 Å². The molecule has 1 saturated heterocycles. The highest BCUT2D eigenvalue weighted by Crippen LogP contribution is 2.39. The molecule has 1 aliphatic rings. The first-order chi connectivity index (χ1) is 23.0. The van der Waals surface area contributed by atoms with E-state index in [0.717, 1.165) is 65.0 Å². The Morgan fingerprint density at radius 1 is 0.872 bits per heavy atom. The Hall–Kier alpha value is -4.73. The number of pyridine rings is 2. The summed E-state index contributed by atoms with van der Waals surface area (Å²) in [6.07, 6.45) is 5.86. The van der Waals surface area contributed by atoms with Gasteiger partial charge in [0, 0.05) is 62.3 Å². The molecule has 1 amide bonds. The Morgan fingerprint density at radius 3 is 2.47 bits per heavy atom. The highest BCUT2D eigenvalue weighted by atomic mass is 16.7. The molecule has 1 fully saturated rings. The summed E-state index contributed by atoms with van der Waals surface area (Å²) in [4.78, 5) is 23.3. The van der Waals surface area contributed by atoms with E-state index < -0.39 is 6.29 Å². The number of carbonyl (C=O) groups excluding carboxylic acids is 1. The van der Waals surface area contributed by atoms with Gasteiger partial charge in [-0.05, 0) is 71.3 Å². The third-order valence-corrected chi connectivity index (χ3v) is 8.40. The Kier molecular flexibility index (Phi) is 10.8. The fourth-order valence-electron chi connectivity index (χ4n) is 5.83. The summed E-state index contributed by atoms with van der Waals surface area (Å²) in [5, 5.41) is 12.5. The Labute approximate surface area is 276 Å². The van der Waals surface area contributed by atoms with Crippen molar-refractivity contribution in [2.75, 3.05) is 20.1 Å². The predicted molar refractivity (Wildman–Crippen MR) is 181 cm³/mol. The maximum absolute atomic E-state index is 12.6. The third-order valence-electron chi connectivity index (χ3n) is 8.40. The van der Waals surface area contributed by atoms with E-state index in [1.165, 1.54) is 0 Å². The maximum atomic E-state index is 12.6. The second-order valence-electron chi connectivity index (χ2n) is 11.9. The average molecular weight is 629 g/mol. The highest BCUT2D eigenvalue weighted by Gasteiger charge is 2.33. The van der Waals surface area contributed by atoms with Crippen LogP contribution in [0.1, 0.15) is 57.1 Å². The second-order valence-corrected chi connectivity index (χ2v) is 11.9. The predicted octanol–water partition coefficient (Wildman–Crippen LogP) is 6.29. The van der Waals surface area contributed by atoms with Crippen LogP contribution in [-0.2, 0) is 29.0 Å². The lowest BCUT2D eigenvalue weighted by Crippen LogP contribution is -2.38. The summed E-state index contributed by atoms with van der Waals surface area (Å²) in [6, 6.07) is 33.9. The molecular formula is C39H40N4O4. The van der Waals surface area contributed by atoms with Crippen molar-refractivity contribution in [1.29, 1.82) is 0 Å². The fourth-order valence-corrected chi connectivity index (χ4v) is 5.83. The molecule has 3 heterocycles. The number of likely N-dealkylation sites (N-methyl/N-ethyl adjacent to an activating group) is 1. The van der Waals surface area contributed by atoms with Crippen LogP contribution < -0.4 is 5.32 Å². The van der Waals surface area contributed by atoms with Crippen LogP contribution in [0.4, 0.5) is 0 Å². The highest BCUT2D eigenvalue weighted by molar-refractivity contribution is 5.93. The van der Waals surface area contributed by atoms with Crippen LogP contribution in [-0.4, -0.2) is 52.1 Å². The van der Waals surface area contributed by atoms with Crippen molar-refractivity contribution in [1.82, 2.24) is 20.2 Å². The molecule has 5 aromatic rings. The zero-order valence-corrected chi connectivity index (χ0v) is 26.5. The standard InChI is InChI=1S/C39H40N4O4/c1-43(20-17-35-12-2-3-19-41-35)26-36-23-37(30-15-13-28(27-44)14-16-30)47-39(46-36)33-10-5-9-32(22-33)31-8-4-7-29(21-31)24-42-38(45)34-11-6-18-40-25-34/h2-16,18-19,21-22,25,36-37,39,44H,17,20,23-24,26-27H2,1H3,(H,42,45)/t36-,37+,39+/m0/s1. The smallest absolute Gasteiger partial charge is 0.253 e. The number of benzene rings is 3. The molecule has 6 rings (SSSR count). The van der Waals surface area contributed by atoms with Gasteiger partial charge in [-0.25, -0.2) is 0 Å². The lowest BCUT2D eigenvalue weighted by Gasteiger charge is -2.38. The van der Waals surface area contributed by atoms with Gasteiger partial charge in [-0.3, -0.25) is 14.8 Å².